The van der Waals surface area contributed by atoms with Crippen LogP contribution in [-0.2, 0) is 4.79 Å². The van der Waals surface area contributed by atoms with E-state index in [1.165, 1.54) is 96.3 Å². The highest BCUT2D eigenvalue weighted by Gasteiger charge is 2.22. The maximum atomic E-state index is 12.0. The molecule has 0 aromatic heterocycles. The maximum Gasteiger partial charge on any atom is 0.321 e. The first-order valence-corrected chi connectivity index (χ1v) is 14.4. The highest BCUT2D eigenvalue weighted by atomic mass is 31.1. The normalized spacial score (nSPS) is 12.8. The third kappa shape index (κ3) is 21.3. The van der Waals surface area contributed by atoms with Gasteiger partial charge in [-0.15, -0.1) is 0 Å². The second-order valence-electron chi connectivity index (χ2n) is 10.3. The molecule has 0 heterocycles. The van der Waals surface area contributed by atoms with Crippen LogP contribution in [0.5, 0.6) is 0 Å². The zero-order valence-corrected chi connectivity index (χ0v) is 22.2. The van der Waals surface area contributed by atoms with Gasteiger partial charge in [-0.2, -0.15) is 0 Å². The zero-order valence-electron chi connectivity index (χ0n) is 21.3. The molecule has 0 aliphatic carbocycles. The van der Waals surface area contributed by atoms with E-state index < -0.39 is 7.77 Å². The van der Waals surface area contributed by atoms with Gasteiger partial charge in [0.1, 0.15) is 0 Å². The molecular formula is C26H53NO3P+. The molecule has 4 nitrogen and oxygen atoms in total. The number of hydrogen-bond donors (Lipinski definition) is 1. The molecular weight excluding hydrogens is 405 g/mol. The van der Waals surface area contributed by atoms with Crippen LogP contribution >= 0.6 is 7.77 Å². The Kier molecular flexibility index (Phi) is 20.2. The molecule has 0 aliphatic heterocycles. The summed E-state index contributed by atoms with van der Waals surface area (Å²) in [5, 5.41) is 9.87. The Labute approximate surface area is 194 Å². The lowest BCUT2D eigenvalue weighted by Crippen LogP contribution is -2.39. The number of aliphatic hydroxyl groups excluding tert-OH is 1. The second kappa shape index (κ2) is 20.3. The van der Waals surface area contributed by atoms with E-state index in [2.05, 4.69) is 6.92 Å². The predicted octanol–water partition coefficient (Wildman–Crippen LogP) is 6.91. The molecule has 31 heavy (non-hydrogen) atoms. The Morgan fingerprint density at radius 2 is 1.00 bits per heavy atom. The van der Waals surface area contributed by atoms with Crippen LogP contribution in [0.15, 0.2) is 0 Å². The molecule has 0 aromatic carbocycles. The minimum Gasteiger partial charge on any atom is -0.622 e. The van der Waals surface area contributed by atoms with Crippen LogP contribution in [0.3, 0.4) is 0 Å². The smallest absolute Gasteiger partial charge is 0.321 e. The molecule has 0 spiro atoms. The number of hydrogen-bond acceptors (Lipinski definition) is 2. The van der Waals surface area contributed by atoms with Crippen molar-refractivity contribution in [3.63, 3.8) is 0 Å². The number of carbonyl (C=O) groups is 1. The number of likely N-dealkylation sites (N-methyl/N-ethyl adjacent to an activating group) is 1. The summed E-state index contributed by atoms with van der Waals surface area (Å²) < 4.78 is 0.472. The zero-order chi connectivity index (χ0) is 23.4. The molecule has 0 saturated carbocycles. The molecule has 1 atom stereocenters. The van der Waals surface area contributed by atoms with Crippen LogP contribution in [-0.4, -0.2) is 48.3 Å². The number of aliphatic hydroxyl groups is 1. The number of nitrogens with zero attached hydrogens (tertiary/aromatic N) is 1. The fraction of sp³-hybridized carbons (Fsp3) is 0.923. The van der Waals surface area contributed by atoms with Crippen LogP contribution in [0.25, 0.3) is 0 Å². The Balaban J connectivity index is 3.42. The summed E-state index contributed by atoms with van der Waals surface area (Å²) in [6.45, 7) is 2.54. The molecule has 184 valence electrons. The first kappa shape index (κ1) is 30.7. The van der Waals surface area contributed by atoms with Gasteiger partial charge in [-0.1, -0.05) is 116 Å². The van der Waals surface area contributed by atoms with Crippen molar-refractivity contribution < 1.29 is 19.3 Å². The van der Waals surface area contributed by atoms with Crippen molar-refractivity contribution in [2.75, 3.05) is 27.7 Å². The molecule has 0 rings (SSSR count). The lowest BCUT2D eigenvalue weighted by Gasteiger charge is -2.21. The molecule has 0 aliphatic rings. The van der Waals surface area contributed by atoms with Crippen molar-refractivity contribution >= 4 is 18.8 Å². The highest BCUT2D eigenvalue weighted by molar-refractivity contribution is 7.68. The summed E-state index contributed by atoms with van der Waals surface area (Å²) in [4.78, 5) is 24.0. The van der Waals surface area contributed by atoms with Crippen molar-refractivity contribution in [1.82, 2.24) is 0 Å². The van der Waals surface area contributed by atoms with Gasteiger partial charge >= 0.3 is 5.52 Å². The summed E-state index contributed by atoms with van der Waals surface area (Å²) in [6, 6.07) is 0. The van der Waals surface area contributed by atoms with Crippen LogP contribution in [0.1, 0.15) is 129 Å². The van der Waals surface area contributed by atoms with Gasteiger partial charge in [0.2, 0.25) is 0 Å². The van der Waals surface area contributed by atoms with Crippen molar-refractivity contribution in [3.8, 4) is 0 Å². The Bertz CT molecular complexity index is 472. The summed E-state index contributed by atoms with van der Waals surface area (Å²) in [7, 11) is 3.47. The summed E-state index contributed by atoms with van der Waals surface area (Å²) in [5.41, 5.74) is -0.452. The molecule has 0 radical (unpaired) electrons. The molecule has 5 heteroatoms. The van der Waals surface area contributed by atoms with E-state index in [4.69, 9.17) is 0 Å². The van der Waals surface area contributed by atoms with Gasteiger partial charge in [0, 0.05) is 0 Å². The fourth-order valence-electron chi connectivity index (χ4n) is 3.91. The number of quaternary nitrogens is 1. The van der Waals surface area contributed by atoms with E-state index in [0.717, 1.165) is 19.3 Å². The van der Waals surface area contributed by atoms with Gasteiger partial charge in [0.25, 0.3) is 5.48 Å². The van der Waals surface area contributed by atoms with Gasteiger partial charge in [0.15, 0.2) is 14.3 Å². The SMILES string of the molecule is CCCCCCCCCCCCCCCCCCCCC(=O)/[P+]([O-])=C(\O)C[N+](C)(C)C. The van der Waals surface area contributed by atoms with Gasteiger partial charge in [-0.25, -0.2) is 4.79 Å². The Hall–Kier alpha value is -0.280. The first-order valence-electron chi connectivity index (χ1n) is 13.1. The van der Waals surface area contributed by atoms with E-state index in [-0.39, 0.29) is 17.5 Å². The van der Waals surface area contributed by atoms with E-state index in [0.29, 0.717) is 10.9 Å². The molecule has 0 bridgehead atoms. The molecule has 1 N–H and O–H groups in total. The van der Waals surface area contributed by atoms with Gasteiger partial charge in [-0.3, -0.25) is 0 Å². The third-order valence-electron chi connectivity index (χ3n) is 5.82. The van der Waals surface area contributed by atoms with Gasteiger partial charge < -0.3 is 14.5 Å². The minimum atomic E-state index is -2.24. The predicted molar refractivity (Wildman–Crippen MR) is 135 cm³/mol. The lowest BCUT2D eigenvalue weighted by atomic mass is 10.0. The topological polar surface area (TPSA) is 60.4 Å². The minimum absolute atomic E-state index is 0.157. The molecule has 0 aromatic rings. The molecule has 0 amide bonds. The van der Waals surface area contributed by atoms with Gasteiger partial charge in [0.05, 0.1) is 27.6 Å². The fourth-order valence-corrected chi connectivity index (χ4v) is 5.11. The number of carbonyl (C=O) groups excluding carboxylic acids is 1. The van der Waals surface area contributed by atoms with Crippen LogP contribution < -0.4 is 4.89 Å². The summed E-state index contributed by atoms with van der Waals surface area (Å²) in [5.74, 6) is 0. The Morgan fingerprint density at radius 3 is 1.32 bits per heavy atom. The summed E-state index contributed by atoms with van der Waals surface area (Å²) >= 11 is 0. The molecule has 0 fully saturated rings. The van der Waals surface area contributed by atoms with Crippen molar-refractivity contribution in [1.29, 1.82) is 0 Å². The Morgan fingerprint density at radius 1 is 0.677 bits per heavy atom. The average molecular weight is 459 g/mol. The quantitative estimate of drug-likeness (QED) is 0.109. The van der Waals surface area contributed by atoms with E-state index >= 15 is 0 Å². The van der Waals surface area contributed by atoms with Crippen LogP contribution in [0.4, 0.5) is 0 Å². The van der Waals surface area contributed by atoms with Crippen molar-refractivity contribution in [2.45, 2.75) is 129 Å². The lowest BCUT2D eigenvalue weighted by molar-refractivity contribution is -0.861. The number of unbranched alkanes of at least 4 members (excludes halogenated alkanes) is 17. The average Bonchev–Trinajstić information content (AvgIpc) is 2.70. The standard InChI is InChI=1S/C26H52NO3P/c1-5-6-7-8-9-10-11-12-13-14-15-16-17-18-19-20-21-22-23-25(28)31(30)26(29)24-27(2,3)4/h5-24H2,1-4H3/p+1. The third-order valence-corrected chi connectivity index (χ3v) is 7.11. The van der Waals surface area contributed by atoms with Gasteiger partial charge in [-0.05, 0) is 6.42 Å². The summed E-state index contributed by atoms with van der Waals surface area (Å²) in [6.07, 6.45) is 24.0. The second-order valence-corrected chi connectivity index (χ2v) is 11.9. The van der Waals surface area contributed by atoms with E-state index in [1.54, 1.807) is 0 Å². The van der Waals surface area contributed by atoms with E-state index in [9.17, 15) is 14.8 Å². The largest absolute Gasteiger partial charge is 0.622 e. The van der Waals surface area contributed by atoms with Crippen molar-refractivity contribution in [2.24, 2.45) is 0 Å². The number of rotatable bonds is 22. The van der Waals surface area contributed by atoms with Crippen LogP contribution in [0, 0.1) is 0 Å². The molecule has 0 saturated heterocycles. The van der Waals surface area contributed by atoms with E-state index in [1.807, 2.05) is 21.1 Å². The van der Waals surface area contributed by atoms with Crippen molar-refractivity contribution in [3.05, 3.63) is 0 Å². The highest BCUT2D eigenvalue weighted by Crippen LogP contribution is 2.20. The monoisotopic (exact) mass is 458 g/mol. The molecule has 1 unspecified atom stereocenters. The maximum absolute atomic E-state index is 12.0. The first-order chi connectivity index (χ1) is 14.8. The van der Waals surface area contributed by atoms with Crippen LogP contribution in [0.2, 0.25) is 0 Å².